The summed E-state index contributed by atoms with van der Waals surface area (Å²) in [4.78, 5) is 8.95. The van der Waals surface area contributed by atoms with Crippen LogP contribution in [0.1, 0.15) is 16.7 Å². The number of hydrogen-bond donors (Lipinski definition) is 1. The molecule has 5 heteroatoms. The van der Waals surface area contributed by atoms with Gasteiger partial charge in [-0.05, 0) is 0 Å². The lowest BCUT2D eigenvalue weighted by Crippen LogP contribution is -2.13. The van der Waals surface area contributed by atoms with Gasteiger partial charge in [-0.3, -0.25) is 0 Å². The second kappa shape index (κ2) is 5.56. The molecule has 1 atom stereocenters. The summed E-state index contributed by atoms with van der Waals surface area (Å²) < 4.78 is 1.91. The zero-order chi connectivity index (χ0) is 13.9. The van der Waals surface area contributed by atoms with Crippen molar-refractivity contribution < 1.29 is 0 Å². The summed E-state index contributed by atoms with van der Waals surface area (Å²) >= 11 is 1.65. The minimum atomic E-state index is -0.106. The molecule has 1 aromatic carbocycles. The number of thiazole rings is 1. The number of nitrogens with two attached hydrogens (primary N) is 1. The summed E-state index contributed by atoms with van der Waals surface area (Å²) in [6, 6.07) is 10.1. The van der Waals surface area contributed by atoms with Crippen LogP contribution in [0.3, 0.4) is 0 Å². The first-order valence-corrected chi connectivity index (χ1v) is 7.33. The molecule has 102 valence electrons. The van der Waals surface area contributed by atoms with Gasteiger partial charge in [0.25, 0.3) is 0 Å². The lowest BCUT2D eigenvalue weighted by molar-refractivity contribution is 0.697. The van der Waals surface area contributed by atoms with E-state index in [9.17, 15) is 0 Å². The van der Waals surface area contributed by atoms with Crippen molar-refractivity contribution in [3.05, 3.63) is 58.9 Å². The van der Waals surface area contributed by atoms with Gasteiger partial charge < -0.3 is 10.3 Å². The van der Waals surface area contributed by atoms with Gasteiger partial charge in [0.15, 0.2) is 0 Å². The maximum Gasteiger partial charge on any atom is 0.0952 e. The molecule has 3 aromatic rings. The second-order valence-electron chi connectivity index (χ2n) is 4.77. The third-order valence-corrected chi connectivity index (χ3v) is 3.99. The lowest BCUT2D eigenvalue weighted by atomic mass is 10.1. The summed E-state index contributed by atoms with van der Waals surface area (Å²) in [6.45, 7) is 0. The maximum atomic E-state index is 6.18. The zero-order valence-corrected chi connectivity index (χ0v) is 12.0. The van der Waals surface area contributed by atoms with E-state index < -0.39 is 0 Å². The molecular formula is C15H16N4S. The average molecular weight is 284 g/mol. The van der Waals surface area contributed by atoms with Crippen molar-refractivity contribution in [1.82, 2.24) is 14.5 Å². The van der Waals surface area contributed by atoms with Crippen LogP contribution in [0.4, 0.5) is 0 Å². The van der Waals surface area contributed by atoms with Crippen molar-refractivity contribution in [2.75, 3.05) is 0 Å². The van der Waals surface area contributed by atoms with Crippen LogP contribution >= 0.6 is 11.3 Å². The van der Waals surface area contributed by atoms with Crippen LogP contribution in [-0.4, -0.2) is 14.5 Å². The summed E-state index contributed by atoms with van der Waals surface area (Å²) in [6.07, 6.45) is 4.44. The third kappa shape index (κ3) is 2.79. The fourth-order valence-corrected chi connectivity index (χ4v) is 2.93. The van der Waals surface area contributed by atoms with Crippen molar-refractivity contribution in [3.63, 3.8) is 0 Å². The summed E-state index contributed by atoms with van der Waals surface area (Å²) in [5, 5.41) is 3.12. The zero-order valence-electron chi connectivity index (χ0n) is 11.2. The minimum absolute atomic E-state index is 0.106. The predicted octanol–water partition coefficient (Wildman–Crippen LogP) is 2.79. The van der Waals surface area contributed by atoms with Crippen molar-refractivity contribution in [1.29, 1.82) is 0 Å². The number of rotatable bonds is 4. The van der Waals surface area contributed by atoms with Gasteiger partial charge in [0.1, 0.15) is 0 Å². The molecule has 0 amide bonds. The molecule has 0 fully saturated rings. The van der Waals surface area contributed by atoms with Gasteiger partial charge in [0.2, 0.25) is 0 Å². The van der Waals surface area contributed by atoms with Crippen LogP contribution in [0.5, 0.6) is 0 Å². The Kier molecular flexibility index (Phi) is 3.62. The van der Waals surface area contributed by atoms with E-state index in [1.54, 1.807) is 17.7 Å². The fourth-order valence-electron chi connectivity index (χ4n) is 2.06. The highest BCUT2D eigenvalue weighted by atomic mass is 32.1. The van der Waals surface area contributed by atoms with E-state index in [0.29, 0.717) is 6.42 Å². The van der Waals surface area contributed by atoms with Gasteiger partial charge in [0, 0.05) is 30.6 Å². The van der Waals surface area contributed by atoms with Crippen molar-refractivity contribution in [2.45, 2.75) is 12.5 Å². The Hall–Kier alpha value is -1.98. The first kappa shape index (κ1) is 13.0. The Balaban J connectivity index is 1.74. The van der Waals surface area contributed by atoms with Crippen LogP contribution in [0.2, 0.25) is 0 Å². The van der Waals surface area contributed by atoms with Crippen molar-refractivity contribution in [3.8, 4) is 11.3 Å². The molecule has 2 N–H and O–H groups in total. The van der Waals surface area contributed by atoms with E-state index in [4.69, 9.17) is 5.73 Å². The van der Waals surface area contributed by atoms with Crippen molar-refractivity contribution in [2.24, 2.45) is 12.8 Å². The Morgan fingerprint density at radius 3 is 2.80 bits per heavy atom. The molecule has 0 spiro atoms. The molecule has 3 rings (SSSR count). The largest absolute Gasteiger partial charge is 0.340 e. The molecular weight excluding hydrogens is 268 g/mol. The summed E-state index contributed by atoms with van der Waals surface area (Å²) in [5.74, 6) is 0. The Morgan fingerprint density at radius 1 is 1.30 bits per heavy atom. The lowest BCUT2D eigenvalue weighted by Gasteiger charge is -2.05. The molecule has 0 saturated heterocycles. The first-order valence-electron chi connectivity index (χ1n) is 6.45. The highest BCUT2D eigenvalue weighted by molar-refractivity contribution is 7.09. The molecule has 2 heterocycles. The predicted molar refractivity (Wildman–Crippen MR) is 81.4 cm³/mol. The summed E-state index contributed by atoms with van der Waals surface area (Å²) in [5.41, 5.74) is 9.24. The normalized spacial score (nSPS) is 12.5. The smallest absolute Gasteiger partial charge is 0.0952 e. The van der Waals surface area contributed by atoms with E-state index in [0.717, 1.165) is 22.0 Å². The average Bonchev–Trinajstić information content (AvgIpc) is 3.09. The second-order valence-corrected chi connectivity index (χ2v) is 5.71. The molecule has 0 bridgehead atoms. The van der Waals surface area contributed by atoms with Crippen LogP contribution in [0.15, 0.2) is 48.2 Å². The molecule has 0 aliphatic carbocycles. The van der Waals surface area contributed by atoms with E-state index in [-0.39, 0.29) is 6.04 Å². The molecule has 0 saturated carbocycles. The van der Waals surface area contributed by atoms with E-state index in [2.05, 4.69) is 27.5 Å². The number of aromatic nitrogens is 3. The first-order chi connectivity index (χ1) is 9.72. The van der Waals surface area contributed by atoms with Crippen molar-refractivity contribution >= 4 is 11.3 Å². The van der Waals surface area contributed by atoms with Gasteiger partial charge in [-0.15, -0.1) is 11.3 Å². The molecule has 20 heavy (non-hydrogen) atoms. The van der Waals surface area contributed by atoms with Gasteiger partial charge >= 0.3 is 0 Å². The molecule has 0 radical (unpaired) electrons. The Morgan fingerprint density at radius 2 is 2.10 bits per heavy atom. The van der Waals surface area contributed by atoms with E-state index >= 15 is 0 Å². The molecule has 0 aliphatic heterocycles. The monoisotopic (exact) mass is 284 g/mol. The standard InChI is InChI=1S/C15H16N4S/c1-19-8-13(17-10-19)12(16)7-15-18-14(9-20-15)11-5-3-2-4-6-11/h2-6,8-10,12H,7,16H2,1H3. The number of hydrogen-bond acceptors (Lipinski definition) is 4. The Labute approximate surface area is 121 Å². The number of imidazole rings is 1. The molecule has 4 nitrogen and oxygen atoms in total. The quantitative estimate of drug-likeness (QED) is 0.801. The highest BCUT2D eigenvalue weighted by Gasteiger charge is 2.13. The molecule has 2 aromatic heterocycles. The van der Waals surface area contributed by atoms with Crippen LogP contribution in [0, 0.1) is 0 Å². The number of aryl methyl sites for hydroxylation is 1. The van der Waals surface area contributed by atoms with Gasteiger partial charge in [-0.2, -0.15) is 0 Å². The number of benzene rings is 1. The fraction of sp³-hybridized carbons (Fsp3) is 0.200. The molecule has 1 unspecified atom stereocenters. The van der Waals surface area contributed by atoms with Crippen LogP contribution in [0.25, 0.3) is 11.3 Å². The van der Waals surface area contributed by atoms with E-state index in [1.807, 2.05) is 36.0 Å². The molecule has 0 aliphatic rings. The third-order valence-electron chi connectivity index (χ3n) is 3.12. The maximum absolute atomic E-state index is 6.18. The van der Waals surface area contributed by atoms with Crippen LogP contribution in [-0.2, 0) is 13.5 Å². The van der Waals surface area contributed by atoms with Gasteiger partial charge in [-0.1, -0.05) is 30.3 Å². The Bertz CT molecular complexity index is 687. The SMILES string of the molecule is Cn1cnc(C(N)Cc2nc(-c3ccccc3)cs2)c1. The van der Waals surface area contributed by atoms with Gasteiger partial charge in [0.05, 0.1) is 28.8 Å². The highest BCUT2D eigenvalue weighted by Crippen LogP contribution is 2.24. The topological polar surface area (TPSA) is 56.7 Å². The summed E-state index contributed by atoms with van der Waals surface area (Å²) in [7, 11) is 1.94. The minimum Gasteiger partial charge on any atom is -0.340 e. The van der Waals surface area contributed by atoms with E-state index in [1.165, 1.54) is 0 Å². The van der Waals surface area contributed by atoms with Crippen LogP contribution < -0.4 is 5.73 Å². The van der Waals surface area contributed by atoms with Gasteiger partial charge in [-0.25, -0.2) is 9.97 Å². The number of nitrogens with zero attached hydrogens (tertiary/aromatic N) is 3.